The second-order valence-electron chi connectivity index (χ2n) is 6.29. The highest BCUT2D eigenvalue weighted by Gasteiger charge is 2.09. The highest BCUT2D eigenvalue weighted by molar-refractivity contribution is 5.94. The first-order valence-corrected chi connectivity index (χ1v) is 8.88. The van der Waals surface area contributed by atoms with E-state index in [0.29, 0.717) is 29.4 Å². The number of carbonyl (C=O) groups excluding carboxylic acids is 1. The first-order chi connectivity index (χ1) is 13.6. The maximum absolute atomic E-state index is 12.3. The minimum atomic E-state index is -0.168. The van der Waals surface area contributed by atoms with Gasteiger partial charge in [0, 0.05) is 18.8 Å². The highest BCUT2D eigenvalue weighted by atomic mass is 16.5. The fraction of sp³-hybridized carbons (Fsp3) is 0.182. The summed E-state index contributed by atoms with van der Waals surface area (Å²) in [6.45, 7) is 2.50. The van der Waals surface area contributed by atoms with E-state index in [1.807, 2.05) is 49.4 Å². The van der Waals surface area contributed by atoms with Gasteiger partial charge in [-0.25, -0.2) is 4.98 Å². The summed E-state index contributed by atoms with van der Waals surface area (Å²) in [6.07, 6.45) is 1.54. The van der Waals surface area contributed by atoms with Crippen molar-refractivity contribution in [2.75, 3.05) is 19.5 Å². The zero-order valence-electron chi connectivity index (χ0n) is 16.2. The average Bonchev–Trinajstić information content (AvgIpc) is 2.73. The molecule has 0 saturated carbocycles. The average molecular weight is 377 g/mol. The Balaban J connectivity index is 1.64. The zero-order chi connectivity index (χ0) is 19.9. The van der Waals surface area contributed by atoms with Crippen LogP contribution < -0.4 is 20.1 Å². The van der Waals surface area contributed by atoms with Gasteiger partial charge in [0.25, 0.3) is 5.91 Å². The first-order valence-electron chi connectivity index (χ1n) is 8.88. The van der Waals surface area contributed by atoms with Crippen LogP contribution in [0.1, 0.15) is 21.5 Å². The molecule has 1 amide bonds. The molecule has 28 heavy (non-hydrogen) atoms. The van der Waals surface area contributed by atoms with Gasteiger partial charge in [0.05, 0.1) is 25.5 Å². The number of ether oxygens (including phenoxy) is 2. The molecule has 0 radical (unpaired) electrons. The molecule has 2 N–H and O–H groups in total. The van der Waals surface area contributed by atoms with Gasteiger partial charge in [-0.05, 0) is 36.8 Å². The van der Waals surface area contributed by atoms with E-state index in [2.05, 4.69) is 15.6 Å². The van der Waals surface area contributed by atoms with Crippen molar-refractivity contribution < 1.29 is 14.3 Å². The van der Waals surface area contributed by atoms with Crippen LogP contribution in [0.15, 0.2) is 60.8 Å². The fourth-order valence-electron chi connectivity index (χ4n) is 2.64. The number of benzene rings is 2. The number of nitrogens with one attached hydrogen (secondary N) is 2. The predicted molar refractivity (Wildman–Crippen MR) is 109 cm³/mol. The summed E-state index contributed by atoms with van der Waals surface area (Å²) >= 11 is 0. The van der Waals surface area contributed by atoms with Crippen molar-refractivity contribution in [3.63, 3.8) is 0 Å². The maximum atomic E-state index is 12.3. The predicted octanol–water partition coefficient (Wildman–Crippen LogP) is 4.08. The lowest BCUT2D eigenvalue weighted by atomic mass is 10.1. The minimum Gasteiger partial charge on any atom is -0.497 e. The molecule has 1 heterocycles. The van der Waals surface area contributed by atoms with Crippen molar-refractivity contribution in [1.82, 2.24) is 10.3 Å². The number of methoxy groups -OCH3 is 2. The third-order valence-corrected chi connectivity index (χ3v) is 4.27. The Morgan fingerprint density at radius 1 is 1.00 bits per heavy atom. The second-order valence-corrected chi connectivity index (χ2v) is 6.29. The minimum absolute atomic E-state index is 0.168. The Hall–Kier alpha value is -3.54. The van der Waals surface area contributed by atoms with Gasteiger partial charge in [0.1, 0.15) is 17.3 Å². The number of hydrogen-bond acceptors (Lipinski definition) is 5. The monoisotopic (exact) mass is 377 g/mol. The Morgan fingerprint density at radius 2 is 1.79 bits per heavy atom. The van der Waals surface area contributed by atoms with Crippen LogP contribution in [0.3, 0.4) is 0 Å². The number of nitrogens with zero attached hydrogens (tertiary/aromatic N) is 1. The summed E-state index contributed by atoms with van der Waals surface area (Å²) in [4.78, 5) is 16.7. The first kappa shape index (κ1) is 19.2. The van der Waals surface area contributed by atoms with Crippen molar-refractivity contribution in [3.05, 3.63) is 77.5 Å². The molecule has 3 rings (SSSR count). The summed E-state index contributed by atoms with van der Waals surface area (Å²) in [5.41, 5.74) is 3.46. The van der Waals surface area contributed by atoms with E-state index in [4.69, 9.17) is 9.47 Å². The molecule has 0 spiro atoms. The van der Waals surface area contributed by atoms with Gasteiger partial charge in [0.15, 0.2) is 0 Å². The Labute approximate surface area is 164 Å². The molecular weight excluding hydrogens is 354 g/mol. The summed E-state index contributed by atoms with van der Waals surface area (Å²) in [5, 5.41) is 6.08. The van der Waals surface area contributed by atoms with Crippen molar-refractivity contribution in [2.24, 2.45) is 0 Å². The van der Waals surface area contributed by atoms with Crippen LogP contribution in [0.25, 0.3) is 0 Å². The van der Waals surface area contributed by atoms with E-state index in [0.717, 1.165) is 11.3 Å². The van der Waals surface area contributed by atoms with E-state index >= 15 is 0 Å². The Kier molecular flexibility index (Phi) is 6.11. The lowest BCUT2D eigenvalue weighted by molar-refractivity contribution is 0.0950. The van der Waals surface area contributed by atoms with Crippen molar-refractivity contribution in [2.45, 2.75) is 13.5 Å². The number of pyridine rings is 1. The Bertz CT molecular complexity index is 938. The van der Waals surface area contributed by atoms with Crippen LogP contribution in [0, 0.1) is 6.92 Å². The normalized spacial score (nSPS) is 10.2. The standard InChI is InChI=1S/C22H23N3O3/c1-15-4-6-16(7-5-15)13-24-22(26)17-8-11-21(23-14-17)25-19-12-18(27-2)9-10-20(19)28-3/h4-12,14H,13H2,1-3H3,(H,23,25)(H,24,26). The van der Waals surface area contributed by atoms with Gasteiger partial charge in [-0.3, -0.25) is 4.79 Å². The summed E-state index contributed by atoms with van der Waals surface area (Å²) in [6, 6.07) is 17.0. The molecule has 6 nitrogen and oxygen atoms in total. The molecule has 0 aliphatic rings. The molecule has 0 bridgehead atoms. The SMILES string of the molecule is COc1ccc(OC)c(Nc2ccc(C(=O)NCc3ccc(C)cc3)cn2)c1. The fourth-order valence-corrected chi connectivity index (χ4v) is 2.64. The molecule has 0 fully saturated rings. The van der Waals surface area contributed by atoms with Crippen LogP contribution in [0.2, 0.25) is 0 Å². The van der Waals surface area contributed by atoms with Crippen LogP contribution in [0.5, 0.6) is 11.5 Å². The molecule has 6 heteroatoms. The number of amides is 1. The largest absolute Gasteiger partial charge is 0.497 e. The van der Waals surface area contributed by atoms with E-state index in [1.54, 1.807) is 32.5 Å². The number of aryl methyl sites for hydroxylation is 1. The summed E-state index contributed by atoms with van der Waals surface area (Å²) < 4.78 is 10.6. The molecule has 0 unspecified atom stereocenters. The highest BCUT2D eigenvalue weighted by Crippen LogP contribution is 2.30. The molecule has 1 aromatic heterocycles. The van der Waals surface area contributed by atoms with Crippen LogP contribution in [-0.2, 0) is 6.54 Å². The molecular formula is C22H23N3O3. The van der Waals surface area contributed by atoms with Gasteiger partial charge < -0.3 is 20.1 Å². The van der Waals surface area contributed by atoms with Gasteiger partial charge in [-0.1, -0.05) is 29.8 Å². The molecule has 0 atom stereocenters. The molecule has 3 aromatic rings. The van der Waals surface area contributed by atoms with Crippen molar-refractivity contribution in [1.29, 1.82) is 0 Å². The number of aromatic nitrogens is 1. The topological polar surface area (TPSA) is 72.5 Å². The van der Waals surface area contributed by atoms with Gasteiger partial charge in [0.2, 0.25) is 0 Å². The van der Waals surface area contributed by atoms with E-state index in [9.17, 15) is 4.79 Å². The molecule has 0 aliphatic heterocycles. The van der Waals surface area contributed by atoms with Crippen LogP contribution >= 0.6 is 0 Å². The number of anilines is 2. The van der Waals surface area contributed by atoms with E-state index in [1.165, 1.54) is 5.56 Å². The summed E-state index contributed by atoms with van der Waals surface area (Å²) in [5.74, 6) is 1.80. The number of carbonyl (C=O) groups is 1. The van der Waals surface area contributed by atoms with Crippen molar-refractivity contribution in [3.8, 4) is 11.5 Å². The number of rotatable bonds is 7. The lowest BCUT2D eigenvalue weighted by Gasteiger charge is -2.12. The molecule has 0 saturated heterocycles. The van der Waals surface area contributed by atoms with Crippen molar-refractivity contribution >= 4 is 17.4 Å². The van der Waals surface area contributed by atoms with Gasteiger partial charge in [-0.15, -0.1) is 0 Å². The van der Waals surface area contributed by atoms with E-state index < -0.39 is 0 Å². The smallest absolute Gasteiger partial charge is 0.253 e. The van der Waals surface area contributed by atoms with E-state index in [-0.39, 0.29) is 5.91 Å². The van der Waals surface area contributed by atoms with Crippen LogP contribution in [0.4, 0.5) is 11.5 Å². The quantitative estimate of drug-likeness (QED) is 0.649. The second kappa shape index (κ2) is 8.90. The lowest BCUT2D eigenvalue weighted by Crippen LogP contribution is -2.22. The molecule has 0 aliphatic carbocycles. The molecule has 144 valence electrons. The zero-order valence-corrected chi connectivity index (χ0v) is 16.2. The third-order valence-electron chi connectivity index (χ3n) is 4.27. The molecule has 2 aromatic carbocycles. The summed E-state index contributed by atoms with van der Waals surface area (Å²) in [7, 11) is 3.20. The Morgan fingerprint density at radius 3 is 2.43 bits per heavy atom. The van der Waals surface area contributed by atoms with Gasteiger partial charge in [-0.2, -0.15) is 0 Å². The van der Waals surface area contributed by atoms with Crippen LogP contribution in [-0.4, -0.2) is 25.1 Å². The van der Waals surface area contributed by atoms with Gasteiger partial charge >= 0.3 is 0 Å². The third kappa shape index (κ3) is 4.79. The maximum Gasteiger partial charge on any atom is 0.253 e. The number of hydrogen-bond donors (Lipinski definition) is 2.